The number of rotatable bonds is 7. The van der Waals surface area contributed by atoms with Gasteiger partial charge in [0.1, 0.15) is 17.8 Å². The fraction of sp³-hybridized carbons (Fsp3) is 0.562. The molecule has 0 saturated carbocycles. The van der Waals surface area contributed by atoms with Crippen LogP contribution in [-0.4, -0.2) is 77.8 Å². The van der Waals surface area contributed by atoms with E-state index in [1.165, 1.54) is 7.11 Å². The SMILES string of the molecule is COc1cc(C)c(S(=O)(=O)N2CCSC(O)C2(O)COCC(=O)O)c(C)c1. The molecule has 27 heavy (non-hydrogen) atoms. The van der Waals surface area contributed by atoms with Gasteiger partial charge in [0.25, 0.3) is 0 Å². The van der Waals surface area contributed by atoms with Gasteiger partial charge in [0.05, 0.1) is 18.6 Å². The Bertz CT molecular complexity index is 790. The van der Waals surface area contributed by atoms with Gasteiger partial charge in [-0.2, -0.15) is 4.31 Å². The Labute approximate surface area is 161 Å². The number of carbonyl (C=O) groups is 1. The van der Waals surface area contributed by atoms with Crippen LogP contribution in [0, 0.1) is 13.8 Å². The van der Waals surface area contributed by atoms with Crippen molar-refractivity contribution in [1.29, 1.82) is 0 Å². The molecule has 0 aliphatic carbocycles. The minimum absolute atomic E-state index is 0.000871. The standard InChI is InChI=1S/C16H23NO8S2/c1-10-6-12(24-3)7-11(2)14(10)27(22,23)17-4-5-26-15(20)16(17,21)9-25-8-13(18)19/h6-7,15,20-21H,4-5,8-9H2,1-3H3,(H,18,19). The Morgan fingerprint density at radius 2 is 1.96 bits per heavy atom. The highest BCUT2D eigenvalue weighted by Crippen LogP contribution is 2.37. The average molecular weight is 421 g/mol. The maximum atomic E-state index is 13.3. The van der Waals surface area contributed by atoms with Crippen molar-refractivity contribution >= 4 is 27.8 Å². The predicted molar refractivity (Wildman–Crippen MR) is 98.2 cm³/mol. The number of benzene rings is 1. The van der Waals surface area contributed by atoms with Crippen molar-refractivity contribution in [2.24, 2.45) is 0 Å². The number of methoxy groups -OCH3 is 1. The largest absolute Gasteiger partial charge is 0.497 e. The molecule has 9 nitrogen and oxygen atoms in total. The second-order valence-corrected chi connectivity index (χ2v) is 9.14. The topological polar surface area (TPSA) is 134 Å². The number of aryl methyl sites for hydroxylation is 2. The van der Waals surface area contributed by atoms with E-state index in [0.717, 1.165) is 16.1 Å². The van der Waals surface area contributed by atoms with Crippen LogP contribution in [0.25, 0.3) is 0 Å². The molecule has 2 rings (SSSR count). The Morgan fingerprint density at radius 3 is 2.48 bits per heavy atom. The molecule has 2 atom stereocenters. The quantitative estimate of drug-likeness (QED) is 0.563. The van der Waals surface area contributed by atoms with Crippen LogP contribution in [0.2, 0.25) is 0 Å². The van der Waals surface area contributed by atoms with Crippen molar-refractivity contribution in [2.75, 3.05) is 32.6 Å². The number of carboxylic acids is 1. The van der Waals surface area contributed by atoms with Crippen molar-refractivity contribution < 1.29 is 38.0 Å². The third-order valence-electron chi connectivity index (χ3n) is 4.16. The van der Waals surface area contributed by atoms with Gasteiger partial charge in [-0.25, -0.2) is 13.2 Å². The summed E-state index contributed by atoms with van der Waals surface area (Å²) in [5.74, 6) is -0.512. The Kier molecular flexibility index (Phi) is 6.77. The lowest BCUT2D eigenvalue weighted by atomic mass is 10.1. The molecule has 152 valence electrons. The fourth-order valence-electron chi connectivity index (χ4n) is 3.00. The van der Waals surface area contributed by atoms with E-state index in [4.69, 9.17) is 14.6 Å². The van der Waals surface area contributed by atoms with Gasteiger partial charge in [0, 0.05) is 12.3 Å². The van der Waals surface area contributed by atoms with Gasteiger partial charge in [0.15, 0.2) is 5.72 Å². The Balaban J connectivity index is 2.47. The van der Waals surface area contributed by atoms with Crippen molar-refractivity contribution in [1.82, 2.24) is 4.31 Å². The summed E-state index contributed by atoms with van der Waals surface area (Å²) in [6.07, 6.45) is 0. The number of nitrogens with zero attached hydrogens (tertiary/aromatic N) is 1. The van der Waals surface area contributed by atoms with E-state index in [1.807, 2.05) is 0 Å². The molecule has 0 spiro atoms. The van der Waals surface area contributed by atoms with Crippen molar-refractivity contribution in [3.63, 3.8) is 0 Å². The smallest absolute Gasteiger partial charge is 0.329 e. The zero-order valence-corrected chi connectivity index (χ0v) is 16.8. The normalized spacial score (nSPS) is 24.0. The predicted octanol–water partition coefficient (Wildman–Crippen LogP) is 0.158. The lowest BCUT2D eigenvalue weighted by molar-refractivity contribution is -0.166. The first-order chi connectivity index (χ1) is 12.5. The molecule has 0 aromatic heterocycles. The molecule has 1 fully saturated rings. The third kappa shape index (κ3) is 4.39. The van der Waals surface area contributed by atoms with E-state index < -0.39 is 40.4 Å². The highest BCUT2D eigenvalue weighted by atomic mass is 32.2. The number of sulfonamides is 1. The summed E-state index contributed by atoms with van der Waals surface area (Å²) in [6.45, 7) is 1.74. The second-order valence-electron chi connectivity index (χ2n) is 6.16. The van der Waals surface area contributed by atoms with E-state index in [1.54, 1.807) is 26.0 Å². The number of hydrogen-bond acceptors (Lipinski definition) is 8. The maximum Gasteiger partial charge on any atom is 0.329 e. The number of ether oxygens (including phenoxy) is 2. The summed E-state index contributed by atoms with van der Waals surface area (Å²) in [5, 5.41) is 29.9. The molecule has 11 heteroatoms. The molecule has 1 aliphatic rings. The van der Waals surface area contributed by atoms with Gasteiger partial charge in [-0.1, -0.05) is 0 Å². The zero-order valence-electron chi connectivity index (χ0n) is 15.2. The second kappa shape index (κ2) is 8.33. The molecule has 1 aromatic rings. The van der Waals surface area contributed by atoms with Gasteiger partial charge in [-0.3, -0.25) is 0 Å². The van der Waals surface area contributed by atoms with E-state index in [9.17, 15) is 23.4 Å². The molecule has 1 aliphatic heterocycles. The fourth-order valence-corrected chi connectivity index (χ4v) is 6.21. The van der Waals surface area contributed by atoms with E-state index >= 15 is 0 Å². The summed E-state index contributed by atoms with van der Waals surface area (Å²) in [7, 11) is -2.74. The van der Waals surface area contributed by atoms with Crippen LogP contribution in [0.3, 0.4) is 0 Å². The molecule has 1 aromatic carbocycles. The van der Waals surface area contributed by atoms with Crippen LogP contribution < -0.4 is 4.74 Å². The molecule has 0 radical (unpaired) electrons. The number of hydrogen-bond donors (Lipinski definition) is 3. The summed E-state index contributed by atoms with van der Waals surface area (Å²) >= 11 is 0.965. The highest BCUT2D eigenvalue weighted by Gasteiger charge is 2.51. The molecule has 1 heterocycles. The third-order valence-corrected chi connectivity index (χ3v) is 7.51. The number of aliphatic hydroxyl groups is 2. The van der Waals surface area contributed by atoms with Crippen molar-refractivity contribution in [2.45, 2.75) is 29.9 Å². The minimum atomic E-state index is -4.21. The first-order valence-corrected chi connectivity index (χ1v) is 10.5. The molecular formula is C16H23NO8S2. The lowest BCUT2D eigenvalue weighted by Crippen LogP contribution is -2.64. The van der Waals surface area contributed by atoms with Gasteiger partial charge >= 0.3 is 5.97 Å². The Morgan fingerprint density at radius 1 is 1.37 bits per heavy atom. The van der Waals surface area contributed by atoms with Gasteiger partial charge < -0.3 is 24.8 Å². The Hall–Kier alpha value is -1.37. The van der Waals surface area contributed by atoms with Gasteiger partial charge in [0.2, 0.25) is 10.0 Å². The molecule has 0 amide bonds. The number of aliphatic hydroxyl groups excluding tert-OH is 1. The summed E-state index contributed by atoms with van der Waals surface area (Å²) < 4.78 is 37.5. The van der Waals surface area contributed by atoms with Crippen molar-refractivity contribution in [3.05, 3.63) is 23.3 Å². The van der Waals surface area contributed by atoms with Gasteiger partial charge in [-0.15, -0.1) is 11.8 Å². The van der Waals surface area contributed by atoms with Crippen LogP contribution in [0.15, 0.2) is 17.0 Å². The number of carboxylic acid groups (broad SMARTS) is 1. The van der Waals surface area contributed by atoms with Crippen LogP contribution >= 0.6 is 11.8 Å². The molecule has 3 N–H and O–H groups in total. The van der Waals surface area contributed by atoms with Gasteiger partial charge in [-0.05, 0) is 37.1 Å². The van der Waals surface area contributed by atoms with Crippen LogP contribution in [-0.2, 0) is 19.6 Å². The number of thioether (sulfide) groups is 1. The van der Waals surface area contributed by atoms with E-state index in [0.29, 0.717) is 16.9 Å². The van der Waals surface area contributed by atoms with Crippen LogP contribution in [0.5, 0.6) is 5.75 Å². The molecule has 2 unspecified atom stereocenters. The molecule has 1 saturated heterocycles. The molecular weight excluding hydrogens is 398 g/mol. The summed E-state index contributed by atoms with van der Waals surface area (Å²) in [4.78, 5) is 10.7. The number of aliphatic carboxylic acids is 1. The lowest BCUT2D eigenvalue weighted by Gasteiger charge is -2.44. The summed E-state index contributed by atoms with van der Waals surface area (Å²) in [6, 6.07) is 3.13. The highest BCUT2D eigenvalue weighted by molar-refractivity contribution is 8.00. The van der Waals surface area contributed by atoms with Crippen LogP contribution in [0.4, 0.5) is 0 Å². The van der Waals surface area contributed by atoms with Crippen LogP contribution in [0.1, 0.15) is 11.1 Å². The monoisotopic (exact) mass is 421 g/mol. The average Bonchev–Trinajstić information content (AvgIpc) is 2.55. The first-order valence-electron chi connectivity index (χ1n) is 8.03. The van der Waals surface area contributed by atoms with Crippen molar-refractivity contribution in [3.8, 4) is 5.75 Å². The van der Waals surface area contributed by atoms with E-state index in [2.05, 4.69) is 0 Å². The summed E-state index contributed by atoms with van der Waals surface area (Å²) in [5.41, 5.74) is -2.94. The maximum absolute atomic E-state index is 13.3. The molecule has 0 bridgehead atoms. The zero-order chi connectivity index (χ0) is 20.4. The first kappa shape index (κ1) is 21.9. The minimum Gasteiger partial charge on any atom is -0.497 e. The van der Waals surface area contributed by atoms with E-state index in [-0.39, 0.29) is 17.2 Å².